The van der Waals surface area contributed by atoms with Gasteiger partial charge in [0, 0.05) is 5.69 Å². The first kappa shape index (κ1) is 15.3. The molecule has 4 nitrogen and oxygen atoms in total. The van der Waals surface area contributed by atoms with E-state index >= 15 is 0 Å². The third kappa shape index (κ3) is 3.12. The van der Waals surface area contributed by atoms with Crippen molar-refractivity contribution in [2.45, 2.75) is 4.90 Å². The molecule has 0 fully saturated rings. The van der Waals surface area contributed by atoms with E-state index in [1.54, 1.807) is 12.1 Å². The van der Waals surface area contributed by atoms with Gasteiger partial charge in [0.1, 0.15) is 4.90 Å². The molecule has 0 unspecified atom stereocenters. The molecular formula is C12H9Cl3N2O2S. The van der Waals surface area contributed by atoms with Crippen LogP contribution in [0.15, 0.2) is 41.3 Å². The van der Waals surface area contributed by atoms with E-state index in [-0.39, 0.29) is 31.3 Å². The van der Waals surface area contributed by atoms with Crippen molar-refractivity contribution >= 4 is 56.2 Å². The summed E-state index contributed by atoms with van der Waals surface area (Å²) >= 11 is 17.7. The van der Waals surface area contributed by atoms with Crippen molar-refractivity contribution in [2.75, 3.05) is 10.5 Å². The summed E-state index contributed by atoms with van der Waals surface area (Å²) in [5, 5.41) is 0.410. The first-order chi connectivity index (χ1) is 9.31. The van der Waals surface area contributed by atoms with Crippen molar-refractivity contribution in [2.24, 2.45) is 0 Å². The molecule has 0 aliphatic carbocycles. The van der Waals surface area contributed by atoms with Gasteiger partial charge in [0.25, 0.3) is 10.0 Å². The topological polar surface area (TPSA) is 72.2 Å². The minimum Gasteiger partial charge on any atom is -0.399 e. The normalized spacial score (nSPS) is 11.3. The molecule has 0 aromatic heterocycles. The van der Waals surface area contributed by atoms with E-state index in [9.17, 15) is 8.42 Å². The maximum absolute atomic E-state index is 12.3. The Hall–Kier alpha value is -1.14. The lowest BCUT2D eigenvalue weighted by Gasteiger charge is -2.11. The van der Waals surface area contributed by atoms with Crippen LogP contribution in [0.25, 0.3) is 0 Å². The number of benzene rings is 2. The lowest BCUT2D eigenvalue weighted by molar-refractivity contribution is 0.601. The van der Waals surface area contributed by atoms with Crippen molar-refractivity contribution in [1.82, 2.24) is 0 Å². The number of rotatable bonds is 3. The number of hydrogen-bond acceptors (Lipinski definition) is 3. The molecule has 0 atom stereocenters. The standard InChI is InChI=1S/C12H9Cl3N2O2S/c13-8-5-4-7(16)6-11(8)20(18,19)17-10-3-1-2-9(14)12(10)15/h1-6,17H,16H2. The maximum Gasteiger partial charge on any atom is 0.263 e. The molecule has 0 aliphatic heterocycles. The third-order valence-corrected chi connectivity index (χ3v) is 5.11. The number of halogens is 3. The highest BCUT2D eigenvalue weighted by atomic mass is 35.5. The SMILES string of the molecule is Nc1ccc(Cl)c(S(=O)(=O)Nc2cccc(Cl)c2Cl)c1. The zero-order valence-electron chi connectivity index (χ0n) is 9.90. The molecule has 3 N–H and O–H groups in total. The van der Waals surface area contributed by atoms with Gasteiger partial charge in [-0.15, -0.1) is 0 Å². The Morgan fingerprint density at radius 1 is 1.00 bits per heavy atom. The van der Waals surface area contributed by atoms with Crippen LogP contribution in [0.3, 0.4) is 0 Å². The van der Waals surface area contributed by atoms with E-state index in [2.05, 4.69) is 4.72 Å². The van der Waals surface area contributed by atoms with Gasteiger partial charge in [0.15, 0.2) is 0 Å². The van der Waals surface area contributed by atoms with Gasteiger partial charge in [-0.1, -0.05) is 40.9 Å². The average molecular weight is 352 g/mol. The van der Waals surface area contributed by atoms with Gasteiger partial charge in [-0.2, -0.15) is 0 Å². The van der Waals surface area contributed by atoms with Crippen LogP contribution in [0.2, 0.25) is 15.1 Å². The van der Waals surface area contributed by atoms with E-state index in [0.29, 0.717) is 0 Å². The molecule has 2 aromatic carbocycles. The second-order valence-electron chi connectivity index (χ2n) is 3.90. The number of sulfonamides is 1. The number of hydrogen-bond donors (Lipinski definition) is 2. The average Bonchev–Trinajstić information content (AvgIpc) is 2.37. The molecule has 8 heteroatoms. The van der Waals surface area contributed by atoms with Crippen LogP contribution >= 0.6 is 34.8 Å². The van der Waals surface area contributed by atoms with E-state index < -0.39 is 10.0 Å². The van der Waals surface area contributed by atoms with Crippen LogP contribution < -0.4 is 10.5 Å². The van der Waals surface area contributed by atoms with Gasteiger partial charge in [-0.05, 0) is 30.3 Å². The number of nitrogen functional groups attached to an aromatic ring is 1. The van der Waals surface area contributed by atoms with Crippen LogP contribution in [-0.4, -0.2) is 8.42 Å². The zero-order valence-corrected chi connectivity index (χ0v) is 13.0. The molecule has 0 bridgehead atoms. The van der Waals surface area contributed by atoms with Crippen molar-refractivity contribution in [3.8, 4) is 0 Å². The van der Waals surface area contributed by atoms with E-state index in [4.69, 9.17) is 40.5 Å². The molecule has 0 heterocycles. The first-order valence-corrected chi connectivity index (χ1v) is 7.95. The monoisotopic (exact) mass is 350 g/mol. The highest BCUT2D eigenvalue weighted by molar-refractivity contribution is 7.92. The fourth-order valence-electron chi connectivity index (χ4n) is 1.51. The Kier molecular flexibility index (Phi) is 4.34. The molecule has 0 aliphatic rings. The Labute approximate surface area is 131 Å². The minimum atomic E-state index is -3.91. The summed E-state index contributed by atoms with van der Waals surface area (Å²) in [7, 11) is -3.91. The molecule has 2 aromatic rings. The number of nitrogens with two attached hydrogens (primary N) is 1. The van der Waals surface area contributed by atoms with Crippen LogP contribution in [0.4, 0.5) is 11.4 Å². The zero-order chi connectivity index (χ0) is 14.9. The Bertz CT molecular complexity index is 763. The molecule has 0 amide bonds. The van der Waals surface area contributed by atoms with Gasteiger partial charge in [-0.3, -0.25) is 4.72 Å². The van der Waals surface area contributed by atoms with Gasteiger partial charge in [0.2, 0.25) is 0 Å². The molecule has 0 saturated carbocycles. The second-order valence-corrected chi connectivity index (χ2v) is 6.74. The highest BCUT2D eigenvalue weighted by Gasteiger charge is 2.20. The summed E-state index contributed by atoms with van der Waals surface area (Å²) in [6, 6.07) is 8.80. The van der Waals surface area contributed by atoms with Gasteiger partial charge in [0.05, 0.1) is 20.8 Å². The van der Waals surface area contributed by atoms with Crippen molar-refractivity contribution in [3.05, 3.63) is 51.5 Å². The predicted molar refractivity (Wildman–Crippen MR) is 83.1 cm³/mol. The fourth-order valence-corrected chi connectivity index (χ4v) is 3.52. The van der Waals surface area contributed by atoms with Crippen LogP contribution in [0.1, 0.15) is 0 Å². The molecule has 0 saturated heterocycles. The van der Waals surface area contributed by atoms with Gasteiger partial charge < -0.3 is 5.73 Å². The molecule has 0 radical (unpaired) electrons. The smallest absolute Gasteiger partial charge is 0.263 e. The quantitative estimate of drug-likeness (QED) is 0.820. The summed E-state index contributed by atoms with van der Waals surface area (Å²) in [4.78, 5) is -0.129. The summed E-state index contributed by atoms with van der Waals surface area (Å²) in [6.45, 7) is 0. The summed E-state index contributed by atoms with van der Waals surface area (Å²) in [6.07, 6.45) is 0. The minimum absolute atomic E-state index is 0.0600. The van der Waals surface area contributed by atoms with E-state index in [1.807, 2.05) is 0 Å². The molecule has 20 heavy (non-hydrogen) atoms. The van der Waals surface area contributed by atoms with Crippen molar-refractivity contribution in [3.63, 3.8) is 0 Å². The first-order valence-electron chi connectivity index (χ1n) is 5.33. The predicted octanol–water partition coefficient (Wildman–Crippen LogP) is 4.03. The Morgan fingerprint density at radius 2 is 1.70 bits per heavy atom. The van der Waals surface area contributed by atoms with Crippen molar-refractivity contribution < 1.29 is 8.42 Å². The summed E-state index contributed by atoms with van der Waals surface area (Å²) < 4.78 is 26.9. The molecule has 2 rings (SSSR count). The third-order valence-electron chi connectivity index (χ3n) is 2.44. The number of nitrogens with one attached hydrogen (secondary N) is 1. The summed E-state index contributed by atoms with van der Waals surface area (Å²) in [5.41, 5.74) is 6.02. The lowest BCUT2D eigenvalue weighted by atomic mass is 10.3. The van der Waals surface area contributed by atoms with E-state index in [0.717, 1.165) is 0 Å². The molecule has 0 spiro atoms. The Morgan fingerprint density at radius 3 is 2.40 bits per heavy atom. The van der Waals surface area contributed by atoms with Crippen molar-refractivity contribution in [1.29, 1.82) is 0 Å². The van der Waals surface area contributed by atoms with E-state index in [1.165, 1.54) is 24.3 Å². The molecule has 106 valence electrons. The van der Waals surface area contributed by atoms with Crippen LogP contribution in [0.5, 0.6) is 0 Å². The number of anilines is 2. The Balaban J connectivity index is 2.46. The second kappa shape index (κ2) is 5.69. The highest BCUT2D eigenvalue weighted by Crippen LogP contribution is 2.32. The van der Waals surface area contributed by atoms with Crippen LogP contribution in [0, 0.1) is 0 Å². The van der Waals surface area contributed by atoms with Gasteiger partial charge in [-0.25, -0.2) is 8.42 Å². The maximum atomic E-state index is 12.3. The summed E-state index contributed by atoms with van der Waals surface area (Å²) in [5.74, 6) is 0. The fraction of sp³-hybridized carbons (Fsp3) is 0. The van der Waals surface area contributed by atoms with Gasteiger partial charge >= 0.3 is 0 Å². The van der Waals surface area contributed by atoms with Crippen LogP contribution in [-0.2, 0) is 10.0 Å². The molecular weight excluding hydrogens is 343 g/mol. The lowest BCUT2D eigenvalue weighted by Crippen LogP contribution is -2.14. The largest absolute Gasteiger partial charge is 0.399 e.